The van der Waals surface area contributed by atoms with Crippen molar-refractivity contribution < 1.29 is 4.79 Å². The van der Waals surface area contributed by atoms with Gasteiger partial charge in [0.05, 0.1) is 0 Å². The van der Waals surface area contributed by atoms with E-state index < -0.39 is 0 Å². The second-order valence-corrected chi connectivity index (χ2v) is 5.91. The van der Waals surface area contributed by atoms with E-state index in [9.17, 15) is 4.79 Å². The number of nitrogens with zero attached hydrogens (tertiary/aromatic N) is 1. The molecule has 0 bridgehead atoms. The summed E-state index contributed by atoms with van der Waals surface area (Å²) in [6.45, 7) is 7.26. The molecule has 1 saturated heterocycles. The Kier molecular flexibility index (Phi) is 4.65. The number of hydrogen-bond donors (Lipinski definition) is 2. The summed E-state index contributed by atoms with van der Waals surface area (Å²) in [5.74, 6) is 0.589. The lowest BCUT2D eigenvalue weighted by molar-refractivity contribution is 0.209. The van der Waals surface area contributed by atoms with Gasteiger partial charge in [-0.3, -0.25) is 0 Å². The van der Waals surface area contributed by atoms with Gasteiger partial charge in [0.2, 0.25) is 0 Å². The van der Waals surface area contributed by atoms with Crippen LogP contribution in [-0.4, -0.2) is 30.6 Å². The zero-order chi connectivity index (χ0) is 14.7. The average Bonchev–Trinajstić information content (AvgIpc) is 2.77. The molecular formula is C16H25N3O. The molecule has 1 fully saturated rings. The van der Waals surface area contributed by atoms with Gasteiger partial charge in [-0.05, 0) is 50.9 Å². The number of hydrogen-bond acceptors (Lipinski definition) is 2. The normalized spacial score (nSPS) is 23.7. The third-order valence-electron chi connectivity index (χ3n) is 4.12. The molecule has 1 aromatic carbocycles. The average molecular weight is 275 g/mol. The molecular weight excluding hydrogens is 250 g/mol. The zero-order valence-electron chi connectivity index (χ0n) is 12.8. The van der Waals surface area contributed by atoms with Gasteiger partial charge in [0, 0.05) is 24.3 Å². The van der Waals surface area contributed by atoms with Crippen molar-refractivity contribution >= 4 is 11.7 Å². The van der Waals surface area contributed by atoms with E-state index in [0.29, 0.717) is 12.0 Å². The highest BCUT2D eigenvalue weighted by molar-refractivity contribution is 5.89. The quantitative estimate of drug-likeness (QED) is 0.889. The van der Waals surface area contributed by atoms with Gasteiger partial charge in [-0.1, -0.05) is 19.1 Å². The third-order valence-corrected chi connectivity index (χ3v) is 4.12. The van der Waals surface area contributed by atoms with Crippen molar-refractivity contribution in [2.45, 2.75) is 39.3 Å². The largest absolute Gasteiger partial charge is 0.322 e. The van der Waals surface area contributed by atoms with Crippen molar-refractivity contribution in [3.8, 4) is 0 Å². The van der Waals surface area contributed by atoms with E-state index in [1.165, 1.54) is 5.56 Å². The molecule has 2 amide bonds. The fourth-order valence-corrected chi connectivity index (χ4v) is 2.83. The Balaban J connectivity index is 2.04. The van der Waals surface area contributed by atoms with E-state index in [0.717, 1.165) is 18.7 Å². The van der Waals surface area contributed by atoms with Crippen LogP contribution in [0.25, 0.3) is 0 Å². The maximum Gasteiger partial charge on any atom is 0.322 e. The Morgan fingerprint density at radius 1 is 1.40 bits per heavy atom. The molecule has 20 heavy (non-hydrogen) atoms. The van der Waals surface area contributed by atoms with Crippen LogP contribution in [0, 0.1) is 5.92 Å². The maximum atomic E-state index is 12.3. The van der Waals surface area contributed by atoms with Gasteiger partial charge in [0.1, 0.15) is 0 Å². The third kappa shape index (κ3) is 3.31. The van der Waals surface area contributed by atoms with E-state index >= 15 is 0 Å². The Morgan fingerprint density at radius 3 is 2.75 bits per heavy atom. The van der Waals surface area contributed by atoms with Gasteiger partial charge >= 0.3 is 6.03 Å². The van der Waals surface area contributed by atoms with Crippen molar-refractivity contribution in [3.63, 3.8) is 0 Å². The van der Waals surface area contributed by atoms with Crippen LogP contribution in [-0.2, 0) is 0 Å². The van der Waals surface area contributed by atoms with Crippen molar-refractivity contribution in [3.05, 3.63) is 29.8 Å². The summed E-state index contributed by atoms with van der Waals surface area (Å²) >= 11 is 0. The highest BCUT2D eigenvalue weighted by Crippen LogP contribution is 2.24. The van der Waals surface area contributed by atoms with Crippen molar-refractivity contribution in [2.75, 3.05) is 18.9 Å². The van der Waals surface area contributed by atoms with E-state index in [2.05, 4.69) is 37.5 Å². The molecule has 2 rings (SSSR count). The van der Waals surface area contributed by atoms with Gasteiger partial charge in [0.15, 0.2) is 0 Å². The minimum Gasteiger partial charge on any atom is -0.322 e. The summed E-state index contributed by atoms with van der Waals surface area (Å²) in [6, 6.07) is 8.63. The Labute approximate surface area is 121 Å². The van der Waals surface area contributed by atoms with Gasteiger partial charge in [-0.15, -0.1) is 0 Å². The summed E-state index contributed by atoms with van der Waals surface area (Å²) in [4.78, 5) is 14.2. The molecule has 1 heterocycles. The standard InChI is InChI=1S/C16H25N3O/c1-11-8-12(2)19(10-11)16(20)18-15-7-5-6-14(9-15)13(3)17-4/h5-7,9,11-13,17H,8,10H2,1-4H3,(H,18,20). The summed E-state index contributed by atoms with van der Waals surface area (Å²) in [5, 5.41) is 6.22. The Hall–Kier alpha value is -1.55. The van der Waals surface area contributed by atoms with Gasteiger partial charge < -0.3 is 15.5 Å². The van der Waals surface area contributed by atoms with Crippen LogP contribution in [0.5, 0.6) is 0 Å². The molecule has 0 aliphatic carbocycles. The first-order valence-electron chi connectivity index (χ1n) is 7.36. The van der Waals surface area contributed by atoms with Gasteiger partial charge in [-0.2, -0.15) is 0 Å². The monoisotopic (exact) mass is 275 g/mol. The van der Waals surface area contributed by atoms with E-state index in [1.807, 2.05) is 30.1 Å². The number of rotatable bonds is 3. The molecule has 4 heteroatoms. The van der Waals surface area contributed by atoms with Crippen LogP contribution in [0.15, 0.2) is 24.3 Å². The fourth-order valence-electron chi connectivity index (χ4n) is 2.83. The van der Waals surface area contributed by atoms with E-state index in [4.69, 9.17) is 0 Å². The van der Waals surface area contributed by atoms with E-state index in [-0.39, 0.29) is 12.1 Å². The number of nitrogens with one attached hydrogen (secondary N) is 2. The highest BCUT2D eigenvalue weighted by Gasteiger charge is 2.29. The molecule has 110 valence electrons. The SMILES string of the molecule is CNC(C)c1cccc(NC(=O)N2CC(C)CC2C)c1. The summed E-state index contributed by atoms with van der Waals surface area (Å²) in [7, 11) is 1.93. The molecule has 3 atom stereocenters. The lowest BCUT2D eigenvalue weighted by atomic mass is 10.1. The smallest absolute Gasteiger partial charge is 0.322 e. The molecule has 1 aromatic rings. The fraction of sp³-hybridized carbons (Fsp3) is 0.562. The molecule has 0 saturated carbocycles. The number of urea groups is 1. The Bertz CT molecular complexity index is 475. The van der Waals surface area contributed by atoms with Crippen molar-refractivity contribution in [2.24, 2.45) is 5.92 Å². The van der Waals surface area contributed by atoms with Crippen molar-refractivity contribution in [1.82, 2.24) is 10.2 Å². The van der Waals surface area contributed by atoms with Crippen LogP contribution in [0.4, 0.5) is 10.5 Å². The topological polar surface area (TPSA) is 44.4 Å². The second kappa shape index (κ2) is 6.27. The summed E-state index contributed by atoms with van der Waals surface area (Å²) in [5.41, 5.74) is 2.04. The highest BCUT2D eigenvalue weighted by atomic mass is 16.2. The van der Waals surface area contributed by atoms with Crippen LogP contribution in [0.2, 0.25) is 0 Å². The molecule has 4 nitrogen and oxygen atoms in total. The molecule has 0 spiro atoms. The van der Waals surface area contributed by atoms with Gasteiger partial charge in [0.25, 0.3) is 0 Å². The number of carbonyl (C=O) groups excluding carboxylic acids is 1. The number of benzene rings is 1. The first-order chi connectivity index (χ1) is 9.51. The lowest BCUT2D eigenvalue weighted by Gasteiger charge is -2.22. The molecule has 1 aliphatic rings. The van der Waals surface area contributed by atoms with Crippen LogP contribution in [0.3, 0.4) is 0 Å². The molecule has 2 N–H and O–H groups in total. The van der Waals surface area contributed by atoms with Crippen molar-refractivity contribution in [1.29, 1.82) is 0 Å². The first-order valence-corrected chi connectivity index (χ1v) is 7.36. The van der Waals surface area contributed by atoms with Crippen LogP contribution in [0.1, 0.15) is 38.8 Å². The molecule has 0 aromatic heterocycles. The number of anilines is 1. The summed E-state index contributed by atoms with van der Waals surface area (Å²) < 4.78 is 0. The first kappa shape index (κ1) is 14.9. The van der Waals surface area contributed by atoms with Crippen LogP contribution < -0.4 is 10.6 Å². The minimum absolute atomic E-state index is 0.0103. The van der Waals surface area contributed by atoms with Gasteiger partial charge in [-0.25, -0.2) is 4.79 Å². The Morgan fingerprint density at radius 2 is 2.15 bits per heavy atom. The number of carbonyl (C=O) groups is 1. The molecule has 1 aliphatic heterocycles. The van der Waals surface area contributed by atoms with Crippen LogP contribution >= 0.6 is 0 Å². The predicted molar refractivity (Wildman–Crippen MR) is 82.9 cm³/mol. The number of amides is 2. The maximum absolute atomic E-state index is 12.3. The lowest BCUT2D eigenvalue weighted by Crippen LogP contribution is -2.37. The summed E-state index contributed by atoms with van der Waals surface area (Å²) in [6.07, 6.45) is 1.09. The second-order valence-electron chi connectivity index (χ2n) is 5.91. The zero-order valence-corrected chi connectivity index (χ0v) is 12.8. The number of likely N-dealkylation sites (tertiary alicyclic amines) is 1. The minimum atomic E-state index is 0.0103. The predicted octanol–water partition coefficient (Wildman–Crippen LogP) is 3.23. The molecule has 3 unspecified atom stereocenters. The van der Waals surface area contributed by atoms with E-state index in [1.54, 1.807) is 0 Å². The molecule has 0 radical (unpaired) electrons.